The molecule has 2 amide bonds. The summed E-state index contributed by atoms with van der Waals surface area (Å²) in [5, 5.41) is 10.6. The molecule has 1 aromatic heterocycles. The molecule has 1 fully saturated rings. The summed E-state index contributed by atoms with van der Waals surface area (Å²) in [6.07, 6.45) is 2.50. The van der Waals surface area contributed by atoms with Crippen molar-refractivity contribution in [3.05, 3.63) is 41.1 Å². The van der Waals surface area contributed by atoms with Gasteiger partial charge in [-0.1, -0.05) is 25.0 Å². The van der Waals surface area contributed by atoms with Crippen molar-refractivity contribution in [2.75, 3.05) is 23.9 Å². The maximum absolute atomic E-state index is 13.0. The van der Waals surface area contributed by atoms with Crippen molar-refractivity contribution < 1.29 is 27.5 Å². The van der Waals surface area contributed by atoms with Crippen LogP contribution in [0.2, 0.25) is 0 Å². The van der Waals surface area contributed by atoms with Crippen LogP contribution in [0.15, 0.2) is 24.3 Å². The highest BCUT2D eigenvalue weighted by molar-refractivity contribution is 7.99. The monoisotopic (exact) mass is 510 g/mol. The van der Waals surface area contributed by atoms with E-state index in [1.54, 1.807) is 16.8 Å². The van der Waals surface area contributed by atoms with Crippen LogP contribution in [0, 0.1) is 5.92 Å². The summed E-state index contributed by atoms with van der Waals surface area (Å²) < 4.78 is 43.9. The van der Waals surface area contributed by atoms with Crippen molar-refractivity contribution in [2.24, 2.45) is 5.92 Å². The number of aromatic nitrogens is 2. The molecule has 1 aromatic carbocycles. The average molecular weight is 511 g/mol. The first-order valence-corrected chi connectivity index (χ1v) is 13.1. The van der Waals surface area contributed by atoms with Crippen LogP contribution < -0.4 is 15.4 Å². The summed E-state index contributed by atoms with van der Waals surface area (Å²) in [6.45, 7) is -0.688. The molecule has 35 heavy (non-hydrogen) atoms. The predicted molar refractivity (Wildman–Crippen MR) is 128 cm³/mol. The molecule has 2 N–H and O–H groups in total. The highest BCUT2D eigenvalue weighted by Crippen LogP contribution is 2.34. The summed E-state index contributed by atoms with van der Waals surface area (Å²) in [6, 6.07) is 6.39. The van der Waals surface area contributed by atoms with Crippen LogP contribution in [0.4, 0.5) is 19.0 Å². The number of rotatable bonds is 11. The van der Waals surface area contributed by atoms with E-state index in [1.165, 1.54) is 30.7 Å². The van der Waals surface area contributed by atoms with Crippen molar-refractivity contribution in [3.8, 4) is 5.75 Å². The van der Waals surface area contributed by atoms with Gasteiger partial charge in [-0.05, 0) is 49.1 Å². The van der Waals surface area contributed by atoms with Crippen LogP contribution in [0.1, 0.15) is 47.3 Å². The third kappa shape index (κ3) is 7.16. The quantitative estimate of drug-likeness (QED) is 0.473. The summed E-state index contributed by atoms with van der Waals surface area (Å²) in [5.41, 5.74) is 1.91. The van der Waals surface area contributed by atoms with Crippen molar-refractivity contribution >= 4 is 29.4 Å². The number of carbonyl (C=O) groups is 2. The lowest BCUT2D eigenvalue weighted by Gasteiger charge is -2.23. The van der Waals surface area contributed by atoms with Crippen molar-refractivity contribution in [1.82, 2.24) is 15.1 Å². The SMILES string of the molecule is CSCC(=O)Nc1c2c(nn1CCC1CC1)CC(CCc1cccc(OCC(F)(F)F)c1)NC2=O. The Balaban J connectivity index is 1.42. The van der Waals surface area contributed by atoms with Gasteiger partial charge in [0.25, 0.3) is 5.91 Å². The molecule has 2 heterocycles. The molecule has 0 radical (unpaired) electrons. The first kappa shape index (κ1) is 25.4. The number of hydrogen-bond donors (Lipinski definition) is 2. The highest BCUT2D eigenvalue weighted by atomic mass is 32.2. The third-order valence-electron chi connectivity index (χ3n) is 6.09. The molecule has 1 aliphatic carbocycles. The third-order valence-corrected chi connectivity index (χ3v) is 6.64. The lowest BCUT2D eigenvalue weighted by atomic mass is 9.96. The molecule has 11 heteroatoms. The number of fused-ring (bicyclic) bond motifs is 1. The molecule has 0 spiro atoms. The van der Waals surface area contributed by atoms with Gasteiger partial charge in [-0.15, -0.1) is 0 Å². The van der Waals surface area contributed by atoms with E-state index < -0.39 is 12.8 Å². The van der Waals surface area contributed by atoms with E-state index in [-0.39, 0.29) is 23.6 Å². The summed E-state index contributed by atoms with van der Waals surface area (Å²) >= 11 is 1.41. The normalized spacial score (nSPS) is 17.6. The van der Waals surface area contributed by atoms with E-state index in [2.05, 4.69) is 15.7 Å². The number of nitrogens with zero attached hydrogens (tertiary/aromatic N) is 2. The number of anilines is 1. The molecular formula is C24H29F3N4O3S. The van der Waals surface area contributed by atoms with Crippen LogP contribution >= 0.6 is 11.8 Å². The molecular weight excluding hydrogens is 481 g/mol. The second kappa shape index (κ2) is 10.9. The number of ether oxygens (including phenoxy) is 1. The molecule has 2 aliphatic rings. The molecule has 0 bridgehead atoms. The lowest BCUT2D eigenvalue weighted by molar-refractivity contribution is -0.153. The van der Waals surface area contributed by atoms with Crippen LogP contribution in [-0.2, 0) is 24.2 Å². The molecule has 4 rings (SSSR count). The number of nitrogens with one attached hydrogen (secondary N) is 2. The van der Waals surface area contributed by atoms with Crippen molar-refractivity contribution in [2.45, 2.75) is 57.3 Å². The first-order valence-electron chi connectivity index (χ1n) is 11.7. The zero-order valence-electron chi connectivity index (χ0n) is 19.5. The molecule has 1 saturated carbocycles. The van der Waals surface area contributed by atoms with E-state index in [1.807, 2.05) is 12.3 Å². The van der Waals surface area contributed by atoms with Crippen LogP contribution in [0.3, 0.4) is 0 Å². The maximum atomic E-state index is 13.0. The van der Waals surface area contributed by atoms with Crippen LogP contribution in [0.5, 0.6) is 5.75 Å². The number of halogens is 3. The summed E-state index contributed by atoms with van der Waals surface area (Å²) in [5.74, 6) is 1.16. The first-order chi connectivity index (χ1) is 16.7. The number of benzene rings is 1. The van der Waals surface area contributed by atoms with Crippen molar-refractivity contribution in [3.63, 3.8) is 0 Å². The molecule has 1 atom stereocenters. The lowest BCUT2D eigenvalue weighted by Crippen LogP contribution is -2.41. The number of hydrogen-bond acceptors (Lipinski definition) is 5. The number of carbonyl (C=O) groups excluding carboxylic acids is 2. The minimum absolute atomic E-state index is 0.162. The molecule has 1 unspecified atom stereocenters. The van der Waals surface area contributed by atoms with Crippen LogP contribution in [0.25, 0.3) is 0 Å². The van der Waals surface area contributed by atoms with Crippen molar-refractivity contribution in [1.29, 1.82) is 0 Å². The zero-order valence-corrected chi connectivity index (χ0v) is 20.3. The summed E-state index contributed by atoms with van der Waals surface area (Å²) in [7, 11) is 0. The fraction of sp³-hybridized carbons (Fsp3) is 0.542. The average Bonchev–Trinajstić information content (AvgIpc) is 3.56. The second-order valence-corrected chi connectivity index (χ2v) is 9.94. The van der Waals surface area contributed by atoms with Gasteiger partial charge in [0, 0.05) is 19.0 Å². The minimum atomic E-state index is -4.39. The van der Waals surface area contributed by atoms with Gasteiger partial charge in [0.2, 0.25) is 5.91 Å². The Kier molecular flexibility index (Phi) is 7.93. The maximum Gasteiger partial charge on any atom is 0.422 e. The van der Waals surface area contributed by atoms with Gasteiger partial charge < -0.3 is 15.4 Å². The molecule has 1 aliphatic heterocycles. The fourth-order valence-corrected chi connectivity index (χ4v) is 4.54. The van der Waals surface area contributed by atoms with Gasteiger partial charge in [0.05, 0.1) is 11.4 Å². The Morgan fingerprint density at radius 2 is 2.11 bits per heavy atom. The highest BCUT2D eigenvalue weighted by Gasteiger charge is 2.33. The van der Waals surface area contributed by atoms with Gasteiger partial charge in [-0.3, -0.25) is 9.59 Å². The molecule has 190 valence electrons. The number of aryl methyl sites for hydroxylation is 2. The number of thioether (sulfide) groups is 1. The Morgan fingerprint density at radius 1 is 1.31 bits per heavy atom. The molecule has 2 aromatic rings. The Bertz CT molecular complexity index is 1070. The largest absolute Gasteiger partial charge is 0.484 e. The van der Waals surface area contributed by atoms with E-state index in [0.717, 1.165) is 12.0 Å². The second-order valence-electron chi connectivity index (χ2n) is 9.07. The standard InChI is InChI=1S/C24H29F3N4O3S/c1-35-13-20(32)29-22-21-19(30-31(22)10-9-15-5-6-15)12-17(28-23(21)33)8-7-16-3-2-4-18(11-16)34-14-24(25,26)27/h2-4,11,15,17H,5-10,12-14H2,1H3,(H,28,33)(H,29,32). The van der Waals surface area contributed by atoms with Gasteiger partial charge in [-0.2, -0.15) is 30.0 Å². The summed E-state index contributed by atoms with van der Waals surface area (Å²) in [4.78, 5) is 25.3. The van der Waals surface area contributed by atoms with Gasteiger partial charge in [0.15, 0.2) is 6.61 Å². The Morgan fingerprint density at radius 3 is 2.83 bits per heavy atom. The van der Waals surface area contributed by atoms with Gasteiger partial charge in [0.1, 0.15) is 17.1 Å². The Hall–Kier alpha value is -2.69. The molecule has 7 nitrogen and oxygen atoms in total. The Labute approximate surface area is 206 Å². The number of amides is 2. The minimum Gasteiger partial charge on any atom is -0.484 e. The van der Waals surface area contributed by atoms with E-state index in [4.69, 9.17) is 4.74 Å². The topological polar surface area (TPSA) is 85.2 Å². The van der Waals surface area contributed by atoms with Gasteiger partial charge >= 0.3 is 6.18 Å². The van der Waals surface area contributed by atoms with E-state index in [9.17, 15) is 22.8 Å². The number of alkyl halides is 3. The van der Waals surface area contributed by atoms with E-state index >= 15 is 0 Å². The fourth-order valence-electron chi connectivity index (χ4n) is 4.21. The molecule has 0 saturated heterocycles. The zero-order chi connectivity index (χ0) is 25.0. The predicted octanol–water partition coefficient (Wildman–Crippen LogP) is 4.21. The van der Waals surface area contributed by atoms with Gasteiger partial charge in [-0.25, -0.2) is 4.68 Å². The van der Waals surface area contributed by atoms with Crippen LogP contribution in [-0.4, -0.2) is 52.4 Å². The van der Waals surface area contributed by atoms with E-state index in [0.29, 0.717) is 54.6 Å². The smallest absolute Gasteiger partial charge is 0.422 e.